The molecule has 4 N–H and O–H groups in total. The first-order valence-corrected chi connectivity index (χ1v) is 15.0. The highest BCUT2D eigenvalue weighted by molar-refractivity contribution is 6.00. The summed E-state index contributed by atoms with van der Waals surface area (Å²) in [6.07, 6.45) is 6.29. The summed E-state index contributed by atoms with van der Waals surface area (Å²) in [7, 11) is 2.11. The summed E-state index contributed by atoms with van der Waals surface area (Å²) in [5, 5.41) is 16.3. The molecule has 5 heterocycles. The molecule has 1 aromatic heterocycles. The third-order valence-electron chi connectivity index (χ3n) is 10.2. The Morgan fingerprint density at radius 3 is 2.76 bits per heavy atom. The largest absolute Gasteiger partial charge is 0.361 e. The van der Waals surface area contributed by atoms with Gasteiger partial charge in [-0.2, -0.15) is 0 Å². The number of fused-ring (bicyclic) bond motifs is 5. The molecule has 10 nitrogen and oxygen atoms in total. The Bertz CT molecular complexity index is 1500. The average molecular weight is 563 g/mol. The van der Waals surface area contributed by atoms with E-state index in [1.807, 2.05) is 19.9 Å². The molecule has 0 radical (unpaired) electrons. The standard InChI is InChI=1S/C31H39N5O5/c1-16(2)26-28(38)35-11-7-10-24(35)31(40)36(26)29(39)30(41-31,17(3)4)33-27(37)19-12-21-20-8-6-9-22-25(20)18(14-32-22)13-23(21)34(5)15-19/h6,8-9,12,14,16-17,19,23-24,26,32,40H,7,10-11,13,15H2,1-5H3,(H,33,37)/p+1/t19-,23+,24+,26+,30-,31+/m0/s1. The van der Waals surface area contributed by atoms with Crippen molar-refractivity contribution in [3.8, 4) is 0 Å². The molecule has 4 aliphatic heterocycles. The fraction of sp³-hybridized carbons (Fsp3) is 0.581. The number of hydrogen-bond donors (Lipinski definition) is 4. The number of aromatic amines is 1. The minimum absolute atomic E-state index is 0.168. The van der Waals surface area contributed by atoms with Gasteiger partial charge in [0, 0.05) is 41.6 Å². The third kappa shape index (κ3) is 3.50. The lowest BCUT2D eigenvalue weighted by atomic mass is 9.79. The van der Waals surface area contributed by atoms with Gasteiger partial charge in [-0.1, -0.05) is 45.9 Å². The number of rotatable bonds is 4. The molecule has 1 aromatic carbocycles. The second-order valence-corrected chi connectivity index (χ2v) is 13.3. The first-order valence-electron chi connectivity index (χ1n) is 15.0. The molecule has 7 atom stereocenters. The maximum atomic E-state index is 14.3. The van der Waals surface area contributed by atoms with Crippen molar-refractivity contribution in [2.45, 2.75) is 76.7 Å². The Morgan fingerprint density at radius 2 is 2.02 bits per heavy atom. The van der Waals surface area contributed by atoms with E-state index in [2.05, 4.69) is 41.8 Å². The number of piperazine rings is 1. The van der Waals surface area contributed by atoms with Crippen molar-refractivity contribution in [3.63, 3.8) is 0 Å². The van der Waals surface area contributed by atoms with Crippen molar-refractivity contribution in [1.29, 1.82) is 0 Å². The molecule has 2 aromatic rings. The summed E-state index contributed by atoms with van der Waals surface area (Å²) in [4.78, 5) is 49.5. The zero-order valence-corrected chi connectivity index (χ0v) is 24.4. The van der Waals surface area contributed by atoms with Crippen LogP contribution in [0.15, 0.2) is 30.5 Å². The van der Waals surface area contributed by atoms with Crippen LogP contribution in [-0.2, 0) is 25.5 Å². The van der Waals surface area contributed by atoms with Crippen molar-refractivity contribution in [2.75, 3.05) is 20.1 Å². The SMILES string of the molecule is CC(C)[C@@H]1C(=O)N2CCC[C@@H]2[C@@]2(O)O[C@@](NC(=O)[C@H]3C=C4c5cccc6[nH]cc(c56)C[C@H]4[NH+](C)C3)(C(C)C)C(=O)N12. The highest BCUT2D eigenvalue weighted by atomic mass is 16.7. The van der Waals surface area contributed by atoms with Crippen LogP contribution in [-0.4, -0.2) is 87.5 Å². The van der Waals surface area contributed by atoms with E-state index >= 15 is 0 Å². The van der Waals surface area contributed by atoms with E-state index in [1.165, 1.54) is 20.7 Å². The topological polar surface area (TPSA) is 119 Å². The second kappa shape index (κ2) is 8.89. The first kappa shape index (κ1) is 26.7. The van der Waals surface area contributed by atoms with Crippen molar-refractivity contribution in [2.24, 2.45) is 17.8 Å². The van der Waals surface area contributed by atoms with E-state index < -0.39 is 41.5 Å². The van der Waals surface area contributed by atoms with Crippen molar-refractivity contribution in [3.05, 3.63) is 41.6 Å². The third-order valence-corrected chi connectivity index (χ3v) is 10.2. The number of likely N-dealkylation sites (N-methyl/N-ethyl adjacent to an activating group) is 1. The molecule has 3 saturated heterocycles. The van der Waals surface area contributed by atoms with Gasteiger partial charge in [0.2, 0.25) is 17.5 Å². The average Bonchev–Trinajstić information content (AvgIpc) is 3.64. The molecule has 41 heavy (non-hydrogen) atoms. The summed E-state index contributed by atoms with van der Waals surface area (Å²) < 4.78 is 6.41. The number of aliphatic hydroxyl groups is 1. The van der Waals surface area contributed by atoms with E-state index in [-0.39, 0.29) is 23.8 Å². The smallest absolute Gasteiger partial charge is 0.281 e. The van der Waals surface area contributed by atoms with Crippen LogP contribution >= 0.6 is 0 Å². The summed E-state index contributed by atoms with van der Waals surface area (Å²) in [6.45, 7) is 8.43. The monoisotopic (exact) mass is 562 g/mol. The number of benzene rings is 1. The van der Waals surface area contributed by atoms with Crippen LogP contribution in [0.2, 0.25) is 0 Å². The Balaban J connectivity index is 1.25. The molecule has 3 fully saturated rings. The number of amides is 3. The number of quaternary nitrogens is 1. The van der Waals surface area contributed by atoms with Gasteiger partial charge < -0.3 is 25.2 Å². The zero-order valence-electron chi connectivity index (χ0n) is 24.4. The van der Waals surface area contributed by atoms with Gasteiger partial charge in [0.05, 0.1) is 13.6 Å². The van der Waals surface area contributed by atoms with Crippen molar-refractivity contribution >= 4 is 34.2 Å². The van der Waals surface area contributed by atoms with Crippen LogP contribution in [0.25, 0.3) is 16.5 Å². The second-order valence-electron chi connectivity index (χ2n) is 13.3. The van der Waals surface area contributed by atoms with Crippen LogP contribution < -0.4 is 10.2 Å². The molecule has 3 amide bonds. The Morgan fingerprint density at radius 1 is 1.24 bits per heavy atom. The maximum Gasteiger partial charge on any atom is 0.281 e. The van der Waals surface area contributed by atoms with Crippen LogP contribution in [0.4, 0.5) is 0 Å². The van der Waals surface area contributed by atoms with Crippen LogP contribution in [0, 0.1) is 17.8 Å². The van der Waals surface area contributed by atoms with Gasteiger partial charge in [0.1, 0.15) is 24.0 Å². The van der Waals surface area contributed by atoms with Crippen LogP contribution in [0.3, 0.4) is 0 Å². The molecule has 1 aliphatic carbocycles. The van der Waals surface area contributed by atoms with E-state index in [4.69, 9.17) is 4.74 Å². The van der Waals surface area contributed by atoms with Gasteiger partial charge in [0.15, 0.2) is 0 Å². The van der Waals surface area contributed by atoms with Crippen molar-refractivity contribution in [1.82, 2.24) is 20.1 Å². The lowest BCUT2D eigenvalue weighted by molar-refractivity contribution is -0.900. The van der Waals surface area contributed by atoms with Crippen LogP contribution in [0.5, 0.6) is 0 Å². The lowest BCUT2D eigenvalue weighted by Crippen LogP contribution is -3.15. The highest BCUT2D eigenvalue weighted by Crippen LogP contribution is 2.48. The van der Waals surface area contributed by atoms with Gasteiger partial charge in [-0.3, -0.25) is 24.0 Å². The fourth-order valence-electron chi connectivity index (χ4n) is 8.11. The summed E-state index contributed by atoms with van der Waals surface area (Å²) in [5.74, 6) is -4.28. The number of nitrogens with zero attached hydrogens (tertiary/aromatic N) is 2. The molecule has 10 heteroatoms. The van der Waals surface area contributed by atoms with E-state index in [9.17, 15) is 19.5 Å². The zero-order chi connectivity index (χ0) is 29.0. The Labute approximate surface area is 239 Å². The van der Waals surface area contributed by atoms with Crippen LogP contribution in [0.1, 0.15) is 51.7 Å². The number of carbonyl (C=O) groups is 3. The predicted octanol–water partition coefficient (Wildman–Crippen LogP) is 0.623. The van der Waals surface area contributed by atoms with Gasteiger partial charge in [-0.15, -0.1) is 0 Å². The van der Waals surface area contributed by atoms with E-state index in [1.54, 1.807) is 18.7 Å². The first-order chi connectivity index (χ1) is 19.5. The number of aromatic nitrogens is 1. The van der Waals surface area contributed by atoms with E-state index in [0.717, 1.165) is 29.5 Å². The number of carbonyl (C=O) groups excluding carboxylic acids is 3. The minimum atomic E-state index is -2.00. The summed E-state index contributed by atoms with van der Waals surface area (Å²) >= 11 is 0. The maximum absolute atomic E-state index is 14.3. The number of ether oxygens (including phenoxy) is 1. The molecule has 5 aliphatic rings. The minimum Gasteiger partial charge on any atom is -0.361 e. The molecule has 1 unspecified atom stereocenters. The van der Waals surface area contributed by atoms with E-state index in [0.29, 0.717) is 19.5 Å². The molecular weight excluding hydrogens is 522 g/mol. The van der Waals surface area contributed by atoms with Gasteiger partial charge in [-0.25, -0.2) is 0 Å². The van der Waals surface area contributed by atoms with Gasteiger partial charge in [0.25, 0.3) is 11.8 Å². The molecule has 218 valence electrons. The summed E-state index contributed by atoms with van der Waals surface area (Å²) in [5.41, 5.74) is 2.88. The predicted molar refractivity (Wildman–Crippen MR) is 151 cm³/mol. The van der Waals surface area contributed by atoms with Gasteiger partial charge in [-0.05, 0) is 36.0 Å². The molecular formula is C31H40N5O5+. The quantitative estimate of drug-likeness (QED) is 0.436. The number of hydrogen-bond acceptors (Lipinski definition) is 5. The molecule has 7 rings (SSSR count). The number of nitrogens with one attached hydrogen (secondary N) is 3. The molecule has 0 spiro atoms. The lowest BCUT2D eigenvalue weighted by Gasteiger charge is -2.49. The number of H-pyrrole nitrogens is 1. The molecule has 0 saturated carbocycles. The van der Waals surface area contributed by atoms with Crippen molar-refractivity contribution < 1.29 is 29.1 Å². The Hall–Kier alpha value is -3.21. The van der Waals surface area contributed by atoms with Gasteiger partial charge >= 0.3 is 0 Å². The normalized spacial score (nSPS) is 36.1. The summed E-state index contributed by atoms with van der Waals surface area (Å²) in [6, 6.07) is 4.92. The highest BCUT2D eigenvalue weighted by Gasteiger charge is 2.72. The molecule has 0 bridgehead atoms. The Kier molecular flexibility index (Phi) is 5.79. The fourth-order valence-corrected chi connectivity index (χ4v) is 8.11.